The van der Waals surface area contributed by atoms with Crippen LogP contribution in [0.3, 0.4) is 0 Å². The first-order valence-corrected chi connectivity index (χ1v) is 11.5. The molecule has 1 aromatic heterocycles. The molecule has 1 atom stereocenters. The lowest BCUT2D eigenvalue weighted by Gasteiger charge is -2.32. The third-order valence-corrected chi connectivity index (χ3v) is 6.05. The van der Waals surface area contributed by atoms with Gasteiger partial charge in [0, 0.05) is 19.0 Å². The summed E-state index contributed by atoms with van der Waals surface area (Å²) in [7, 11) is 0. The van der Waals surface area contributed by atoms with Gasteiger partial charge >= 0.3 is 0 Å². The summed E-state index contributed by atoms with van der Waals surface area (Å²) in [5, 5.41) is 7.14. The van der Waals surface area contributed by atoms with E-state index < -0.39 is 0 Å². The van der Waals surface area contributed by atoms with Gasteiger partial charge in [-0.3, -0.25) is 9.59 Å². The van der Waals surface area contributed by atoms with Gasteiger partial charge in [0.15, 0.2) is 5.82 Å². The molecule has 7 nitrogen and oxygen atoms in total. The Morgan fingerprint density at radius 2 is 1.94 bits per heavy atom. The zero-order valence-electron chi connectivity index (χ0n) is 19.4. The van der Waals surface area contributed by atoms with Crippen molar-refractivity contribution in [1.29, 1.82) is 0 Å². The van der Waals surface area contributed by atoms with Crippen LogP contribution in [0.15, 0.2) is 53.1 Å². The van der Waals surface area contributed by atoms with Gasteiger partial charge in [0.05, 0.1) is 23.6 Å². The second-order valence-electron chi connectivity index (χ2n) is 8.94. The summed E-state index contributed by atoms with van der Waals surface area (Å²) in [4.78, 5) is 32.3. The third kappa shape index (κ3) is 5.30. The number of benzene rings is 2. The zero-order valence-corrected chi connectivity index (χ0v) is 19.4. The smallest absolute Gasteiger partial charge is 0.260 e. The topological polar surface area (TPSA) is 88.3 Å². The van der Waals surface area contributed by atoms with Crippen molar-refractivity contribution < 1.29 is 14.1 Å². The fourth-order valence-corrected chi connectivity index (χ4v) is 4.12. The number of carbonyl (C=O) groups excluding carboxylic acids is 2. The van der Waals surface area contributed by atoms with E-state index in [4.69, 9.17) is 4.52 Å². The van der Waals surface area contributed by atoms with Crippen LogP contribution in [0.2, 0.25) is 0 Å². The summed E-state index contributed by atoms with van der Waals surface area (Å²) in [5.74, 6) is 0.866. The molecule has 0 radical (unpaired) electrons. The average Bonchev–Trinajstić information content (AvgIpc) is 3.31. The predicted octanol–water partition coefficient (Wildman–Crippen LogP) is 4.59. The number of hydrogen-bond acceptors (Lipinski definition) is 5. The largest absolute Gasteiger partial charge is 0.342 e. The molecule has 1 fully saturated rings. The predicted molar refractivity (Wildman–Crippen MR) is 127 cm³/mol. The van der Waals surface area contributed by atoms with Crippen LogP contribution in [-0.2, 0) is 16.0 Å². The first kappa shape index (κ1) is 22.7. The fourth-order valence-electron chi connectivity index (χ4n) is 4.12. The SMILES string of the molecule is Cc1cccc(-c2nc(C(C)C)no2)c1NC(=O)C1CCCN(C(=O)Cc2ccccc2)C1. The molecule has 1 N–H and O–H groups in total. The fraction of sp³-hybridized carbons (Fsp3) is 0.385. The van der Waals surface area contributed by atoms with Gasteiger partial charge in [0.2, 0.25) is 11.8 Å². The van der Waals surface area contributed by atoms with Crippen LogP contribution in [0.1, 0.15) is 49.6 Å². The van der Waals surface area contributed by atoms with Crippen molar-refractivity contribution in [3.8, 4) is 11.5 Å². The molecule has 1 aliphatic heterocycles. The van der Waals surface area contributed by atoms with Crippen LogP contribution in [0.5, 0.6) is 0 Å². The van der Waals surface area contributed by atoms with Gasteiger partial charge in [-0.25, -0.2) is 0 Å². The molecule has 0 bridgehead atoms. The molecular formula is C26H30N4O3. The van der Waals surface area contributed by atoms with Crippen molar-refractivity contribution >= 4 is 17.5 Å². The van der Waals surface area contributed by atoms with Gasteiger partial charge in [-0.15, -0.1) is 0 Å². The highest BCUT2D eigenvalue weighted by Gasteiger charge is 2.29. The molecule has 3 aromatic rings. The van der Waals surface area contributed by atoms with E-state index in [2.05, 4.69) is 15.5 Å². The molecule has 1 unspecified atom stereocenters. The van der Waals surface area contributed by atoms with Crippen molar-refractivity contribution in [2.45, 2.75) is 46.0 Å². The minimum atomic E-state index is -0.264. The van der Waals surface area contributed by atoms with E-state index in [0.717, 1.165) is 24.0 Å². The van der Waals surface area contributed by atoms with E-state index >= 15 is 0 Å². The number of nitrogens with one attached hydrogen (secondary N) is 1. The van der Waals surface area contributed by atoms with Gasteiger partial charge in [0.25, 0.3) is 5.89 Å². The van der Waals surface area contributed by atoms with Crippen LogP contribution in [-0.4, -0.2) is 39.9 Å². The van der Waals surface area contributed by atoms with Crippen molar-refractivity contribution in [3.63, 3.8) is 0 Å². The normalized spacial score (nSPS) is 16.1. The van der Waals surface area contributed by atoms with Gasteiger partial charge in [0.1, 0.15) is 0 Å². The minimum absolute atomic E-state index is 0.0577. The molecule has 0 spiro atoms. The van der Waals surface area contributed by atoms with Gasteiger partial charge < -0.3 is 14.7 Å². The molecule has 172 valence electrons. The Labute approximate surface area is 194 Å². The molecular weight excluding hydrogens is 416 g/mol. The Hall–Kier alpha value is -3.48. The highest BCUT2D eigenvalue weighted by atomic mass is 16.5. The molecule has 1 saturated heterocycles. The number of carbonyl (C=O) groups is 2. The molecule has 4 rings (SSSR count). The Morgan fingerprint density at radius 3 is 2.67 bits per heavy atom. The highest BCUT2D eigenvalue weighted by Crippen LogP contribution is 2.31. The highest BCUT2D eigenvalue weighted by molar-refractivity contribution is 5.97. The van der Waals surface area contributed by atoms with E-state index in [0.29, 0.717) is 42.5 Å². The van der Waals surface area contributed by atoms with E-state index in [1.54, 1.807) is 0 Å². The van der Waals surface area contributed by atoms with E-state index in [1.165, 1.54) is 0 Å². The summed E-state index contributed by atoms with van der Waals surface area (Å²) in [6, 6.07) is 15.4. The number of aromatic nitrogens is 2. The van der Waals surface area contributed by atoms with Crippen LogP contribution in [0, 0.1) is 12.8 Å². The van der Waals surface area contributed by atoms with E-state index in [9.17, 15) is 9.59 Å². The summed E-state index contributed by atoms with van der Waals surface area (Å²) in [6.45, 7) is 7.06. The van der Waals surface area contributed by atoms with Gasteiger partial charge in [-0.2, -0.15) is 4.98 Å². The lowest BCUT2D eigenvalue weighted by Crippen LogP contribution is -2.44. The quantitative estimate of drug-likeness (QED) is 0.598. The maximum Gasteiger partial charge on any atom is 0.260 e. The van der Waals surface area contributed by atoms with E-state index in [1.807, 2.05) is 74.2 Å². The number of rotatable bonds is 6. The Balaban J connectivity index is 1.47. The average molecular weight is 447 g/mol. The van der Waals surface area contributed by atoms with Crippen LogP contribution in [0.4, 0.5) is 5.69 Å². The van der Waals surface area contributed by atoms with Crippen molar-refractivity contribution in [1.82, 2.24) is 15.0 Å². The molecule has 33 heavy (non-hydrogen) atoms. The monoisotopic (exact) mass is 446 g/mol. The number of aryl methyl sites for hydroxylation is 1. The third-order valence-electron chi connectivity index (χ3n) is 6.05. The Morgan fingerprint density at radius 1 is 1.15 bits per heavy atom. The lowest BCUT2D eigenvalue weighted by molar-refractivity contribution is -0.133. The molecule has 0 aliphatic carbocycles. The van der Waals surface area contributed by atoms with Crippen molar-refractivity contribution in [2.75, 3.05) is 18.4 Å². The Bertz CT molecular complexity index is 1120. The molecule has 0 saturated carbocycles. The number of para-hydroxylation sites is 1. The van der Waals surface area contributed by atoms with Crippen LogP contribution < -0.4 is 5.32 Å². The molecule has 7 heteroatoms. The summed E-state index contributed by atoms with van der Waals surface area (Å²) in [6.07, 6.45) is 1.91. The summed E-state index contributed by atoms with van der Waals surface area (Å²) < 4.78 is 5.47. The first-order chi connectivity index (χ1) is 15.9. The molecule has 1 aliphatic rings. The van der Waals surface area contributed by atoms with Crippen molar-refractivity contribution in [3.05, 3.63) is 65.5 Å². The van der Waals surface area contributed by atoms with Crippen molar-refractivity contribution in [2.24, 2.45) is 5.92 Å². The van der Waals surface area contributed by atoms with E-state index in [-0.39, 0.29) is 23.7 Å². The minimum Gasteiger partial charge on any atom is -0.342 e. The molecule has 2 aromatic carbocycles. The zero-order chi connectivity index (χ0) is 23.4. The number of nitrogens with zero attached hydrogens (tertiary/aromatic N) is 3. The number of piperidine rings is 1. The maximum absolute atomic E-state index is 13.2. The summed E-state index contributed by atoms with van der Waals surface area (Å²) >= 11 is 0. The number of amides is 2. The van der Waals surface area contributed by atoms with Crippen LogP contribution >= 0.6 is 0 Å². The standard InChI is InChI=1S/C26H30N4O3/c1-17(2)24-28-26(33-29-24)21-13-7-9-18(3)23(21)27-25(32)20-12-8-14-30(16-20)22(31)15-19-10-5-4-6-11-19/h4-7,9-11,13,17,20H,8,12,14-16H2,1-3H3,(H,27,32). The molecule has 2 amide bonds. The lowest BCUT2D eigenvalue weighted by atomic mass is 9.96. The van der Waals surface area contributed by atoms with Gasteiger partial charge in [-0.05, 0) is 37.0 Å². The maximum atomic E-state index is 13.2. The number of hydrogen-bond donors (Lipinski definition) is 1. The van der Waals surface area contributed by atoms with Gasteiger partial charge in [-0.1, -0.05) is 61.5 Å². The summed E-state index contributed by atoms with van der Waals surface area (Å²) in [5.41, 5.74) is 3.28. The number of anilines is 1. The second-order valence-corrected chi connectivity index (χ2v) is 8.94. The Kier molecular flexibility index (Phi) is 6.87. The second kappa shape index (κ2) is 9.98. The molecule has 2 heterocycles. The van der Waals surface area contributed by atoms with Crippen LogP contribution in [0.25, 0.3) is 11.5 Å². The number of likely N-dealkylation sites (tertiary alicyclic amines) is 1. The first-order valence-electron chi connectivity index (χ1n) is 11.5.